The number of aliphatic hydroxyl groups is 1. The van der Waals surface area contributed by atoms with Crippen LogP contribution in [-0.4, -0.2) is 21.8 Å². The van der Waals surface area contributed by atoms with E-state index in [-0.39, 0.29) is 6.42 Å². The van der Waals surface area contributed by atoms with Gasteiger partial charge in [0.1, 0.15) is 0 Å². The standard InChI is InChI=1S/C28H26N2O4/c1-4-25(22-13-9-8-10-18(22)2)28(33,17-20-11-6-5-7-12-20)27(32)29-21-14-15-23-24(16-21)19(3)30-34-26(23)31/h4-16,33H,17H2,1-3H3,(H,29,32)/b25-4+. The smallest absolute Gasteiger partial charge is 0.366 e. The molecule has 34 heavy (non-hydrogen) atoms. The number of allylic oxidation sites excluding steroid dienone is 1. The monoisotopic (exact) mass is 454 g/mol. The van der Waals surface area contributed by atoms with Crippen LogP contribution < -0.4 is 10.9 Å². The molecule has 1 amide bonds. The van der Waals surface area contributed by atoms with Crippen molar-refractivity contribution in [1.82, 2.24) is 5.16 Å². The van der Waals surface area contributed by atoms with Crippen molar-refractivity contribution in [1.29, 1.82) is 0 Å². The Labute approximate surface area is 197 Å². The van der Waals surface area contributed by atoms with Crippen LogP contribution in [0.1, 0.15) is 29.3 Å². The molecule has 0 aliphatic heterocycles. The lowest BCUT2D eigenvalue weighted by molar-refractivity contribution is -0.128. The van der Waals surface area contributed by atoms with Crippen LogP contribution in [0, 0.1) is 13.8 Å². The molecule has 3 aromatic carbocycles. The molecule has 1 atom stereocenters. The molecule has 6 heteroatoms. The number of rotatable bonds is 6. The van der Waals surface area contributed by atoms with Crippen molar-refractivity contribution in [3.8, 4) is 0 Å². The first kappa shape index (κ1) is 23.1. The molecular weight excluding hydrogens is 428 g/mol. The number of nitrogens with zero attached hydrogens (tertiary/aromatic N) is 1. The van der Waals surface area contributed by atoms with Crippen molar-refractivity contribution in [2.45, 2.75) is 32.8 Å². The van der Waals surface area contributed by atoms with Crippen molar-refractivity contribution in [3.63, 3.8) is 0 Å². The minimum Gasteiger partial charge on any atom is -0.375 e. The molecule has 1 heterocycles. The summed E-state index contributed by atoms with van der Waals surface area (Å²) >= 11 is 0. The van der Waals surface area contributed by atoms with E-state index in [0.29, 0.717) is 27.7 Å². The molecule has 2 N–H and O–H groups in total. The van der Waals surface area contributed by atoms with Crippen molar-refractivity contribution in [2.24, 2.45) is 0 Å². The molecule has 1 unspecified atom stereocenters. The second kappa shape index (κ2) is 9.45. The summed E-state index contributed by atoms with van der Waals surface area (Å²) < 4.78 is 4.78. The summed E-state index contributed by atoms with van der Waals surface area (Å²) in [6, 6.07) is 21.9. The summed E-state index contributed by atoms with van der Waals surface area (Å²) in [6.07, 6.45) is 1.87. The van der Waals surface area contributed by atoms with E-state index < -0.39 is 17.1 Å². The van der Waals surface area contributed by atoms with Crippen LogP contribution in [0.2, 0.25) is 0 Å². The topological polar surface area (TPSA) is 92.4 Å². The SMILES string of the molecule is C/C=C(\c1ccccc1C)C(O)(Cc1ccccc1)C(=O)Nc1ccc2c(=O)onc(C)c2c1. The van der Waals surface area contributed by atoms with Crippen molar-refractivity contribution >= 4 is 27.9 Å². The van der Waals surface area contributed by atoms with Gasteiger partial charge in [0.2, 0.25) is 0 Å². The van der Waals surface area contributed by atoms with E-state index in [4.69, 9.17) is 4.52 Å². The number of nitrogens with one attached hydrogen (secondary N) is 1. The van der Waals surface area contributed by atoms with Gasteiger partial charge in [-0.25, -0.2) is 4.79 Å². The Bertz CT molecular complexity index is 1440. The molecule has 6 nitrogen and oxygen atoms in total. The van der Waals surface area contributed by atoms with Gasteiger partial charge in [0.25, 0.3) is 5.91 Å². The Kier molecular flexibility index (Phi) is 6.43. The molecule has 0 saturated heterocycles. The van der Waals surface area contributed by atoms with E-state index >= 15 is 0 Å². The zero-order valence-electron chi connectivity index (χ0n) is 19.3. The third kappa shape index (κ3) is 4.40. The van der Waals surface area contributed by atoms with Gasteiger partial charge in [-0.15, -0.1) is 0 Å². The van der Waals surface area contributed by atoms with Gasteiger partial charge in [-0.05, 0) is 61.2 Å². The highest BCUT2D eigenvalue weighted by atomic mass is 16.5. The van der Waals surface area contributed by atoms with Crippen LogP contribution in [-0.2, 0) is 11.2 Å². The highest BCUT2D eigenvalue weighted by Crippen LogP contribution is 2.34. The maximum atomic E-state index is 13.7. The third-order valence-electron chi connectivity index (χ3n) is 6.00. The molecule has 0 aliphatic rings. The summed E-state index contributed by atoms with van der Waals surface area (Å²) in [5.41, 5.74) is 1.67. The number of carbonyl (C=O) groups is 1. The zero-order valence-corrected chi connectivity index (χ0v) is 19.3. The van der Waals surface area contributed by atoms with Crippen LogP contribution in [0.25, 0.3) is 16.3 Å². The molecule has 172 valence electrons. The summed E-state index contributed by atoms with van der Waals surface area (Å²) in [6.45, 7) is 5.48. The first-order valence-corrected chi connectivity index (χ1v) is 11.0. The van der Waals surface area contributed by atoms with Gasteiger partial charge in [0.05, 0.1) is 11.1 Å². The van der Waals surface area contributed by atoms with Gasteiger partial charge in [0.15, 0.2) is 5.60 Å². The Balaban J connectivity index is 1.78. The maximum absolute atomic E-state index is 13.7. The van der Waals surface area contributed by atoms with E-state index in [0.717, 1.165) is 16.7 Å². The fourth-order valence-electron chi connectivity index (χ4n) is 4.22. The van der Waals surface area contributed by atoms with E-state index in [9.17, 15) is 14.7 Å². The normalized spacial score (nSPS) is 13.5. The van der Waals surface area contributed by atoms with Gasteiger partial charge in [-0.3, -0.25) is 4.79 Å². The lowest BCUT2D eigenvalue weighted by atomic mass is 9.80. The maximum Gasteiger partial charge on any atom is 0.366 e. The first-order chi connectivity index (χ1) is 16.3. The molecule has 0 spiro atoms. The molecule has 0 saturated carbocycles. The average Bonchev–Trinajstić information content (AvgIpc) is 2.84. The Hall–Kier alpha value is -4.03. The minimum absolute atomic E-state index is 0.0887. The number of amides is 1. The second-order valence-electron chi connectivity index (χ2n) is 8.31. The number of fused-ring (bicyclic) bond motifs is 1. The summed E-state index contributed by atoms with van der Waals surface area (Å²) in [5.74, 6) is -0.569. The molecule has 0 radical (unpaired) electrons. The molecule has 0 bridgehead atoms. The molecular formula is C28H26N2O4. The average molecular weight is 455 g/mol. The number of hydrogen-bond acceptors (Lipinski definition) is 5. The molecule has 0 fully saturated rings. The number of aryl methyl sites for hydroxylation is 2. The van der Waals surface area contributed by atoms with Crippen LogP contribution in [0.15, 0.2) is 88.2 Å². The predicted octanol–water partition coefficient (Wildman–Crippen LogP) is 4.82. The third-order valence-corrected chi connectivity index (χ3v) is 6.00. The van der Waals surface area contributed by atoms with E-state index in [2.05, 4.69) is 10.5 Å². The first-order valence-electron chi connectivity index (χ1n) is 11.0. The van der Waals surface area contributed by atoms with Crippen LogP contribution >= 0.6 is 0 Å². The van der Waals surface area contributed by atoms with Gasteiger partial charge in [-0.1, -0.05) is 65.8 Å². The number of benzene rings is 3. The molecule has 1 aromatic heterocycles. The molecule has 0 aliphatic carbocycles. The lowest BCUT2D eigenvalue weighted by Crippen LogP contribution is -2.46. The van der Waals surface area contributed by atoms with Crippen LogP contribution in [0.3, 0.4) is 0 Å². The van der Waals surface area contributed by atoms with Gasteiger partial charge >= 0.3 is 5.63 Å². The summed E-state index contributed by atoms with van der Waals surface area (Å²) in [5, 5.41) is 19.6. The largest absolute Gasteiger partial charge is 0.375 e. The molecule has 4 aromatic rings. The Morgan fingerprint density at radius 3 is 2.44 bits per heavy atom. The van der Waals surface area contributed by atoms with Gasteiger partial charge < -0.3 is 14.9 Å². The quantitative estimate of drug-likeness (QED) is 0.436. The van der Waals surface area contributed by atoms with Gasteiger partial charge in [-0.2, -0.15) is 0 Å². The number of carbonyl (C=O) groups excluding carboxylic acids is 1. The summed E-state index contributed by atoms with van der Waals surface area (Å²) in [7, 11) is 0. The van der Waals surface area contributed by atoms with E-state index in [1.165, 1.54) is 0 Å². The highest BCUT2D eigenvalue weighted by molar-refractivity contribution is 6.07. The molecule has 4 rings (SSSR count). The number of hydrogen-bond donors (Lipinski definition) is 2. The van der Waals surface area contributed by atoms with Crippen molar-refractivity contribution < 1.29 is 14.4 Å². The lowest BCUT2D eigenvalue weighted by Gasteiger charge is -2.31. The fraction of sp³-hybridized carbons (Fsp3) is 0.179. The predicted molar refractivity (Wildman–Crippen MR) is 134 cm³/mol. The minimum atomic E-state index is -1.85. The Morgan fingerprint density at radius 2 is 1.74 bits per heavy atom. The number of anilines is 1. The highest BCUT2D eigenvalue weighted by Gasteiger charge is 2.41. The fourth-order valence-corrected chi connectivity index (χ4v) is 4.22. The second-order valence-corrected chi connectivity index (χ2v) is 8.31. The zero-order chi connectivity index (χ0) is 24.3. The summed E-state index contributed by atoms with van der Waals surface area (Å²) in [4.78, 5) is 25.7. The van der Waals surface area contributed by atoms with Crippen molar-refractivity contribution in [3.05, 3.63) is 112 Å². The Morgan fingerprint density at radius 1 is 1.03 bits per heavy atom. The van der Waals surface area contributed by atoms with Crippen molar-refractivity contribution in [2.75, 3.05) is 5.32 Å². The van der Waals surface area contributed by atoms with E-state index in [1.807, 2.05) is 68.4 Å². The van der Waals surface area contributed by atoms with Crippen LogP contribution in [0.4, 0.5) is 5.69 Å². The van der Waals surface area contributed by atoms with E-state index in [1.54, 1.807) is 31.2 Å². The number of aromatic nitrogens is 1. The van der Waals surface area contributed by atoms with Gasteiger partial charge in [0, 0.05) is 17.5 Å². The van der Waals surface area contributed by atoms with Crippen LogP contribution in [0.5, 0.6) is 0 Å².